The number of hydrogen-bond acceptors (Lipinski definition) is 2. The molecular weight excluding hydrogens is 703 g/mol. The van der Waals surface area contributed by atoms with Gasteiger partial charge in [0.05, 0.1) is 0 Å². The second kappa shape index (κ2) is 12.4. The first-order valence-corrected chi connectivity index (χ1v) is 13.8. The molecule has 2 nitrogen and oxygen atoms in total. The van der Waals surface area contributed by atoms with Crippen LogP contribution in [0.5, 0.6) is 0 Å². The molecule has 0 atom stereocenters. The maximum Gasteiger partial charge on any atom is 0.117 e. The summed E-state index contributed by atoms with van der Waals surface area (Å²) in [6, 6.07) is 36.7. The second-order valence-electron chi connectivity index (χ2n) is 10.2. The molecule has 0 N–H and O–H groups in total. The predicted octanol–water partition coefficient (Wildman–Crippen LogP) is 9.61. The summed E-state index contributed by atoms with van der Waals surface area (Å²) in [4.78, 5) is 8.45. The molecule has 2 heterocycles. The zero-order valence-electron chi connectivity index (χ0n) is 23.3. The van der Waals surface area contributed by atoms with E-state index in [1.54, 1.807) is 0 Å². The quantitative estimate of drug-likeness (QED) is 0.169. The molecule has 5 heteroatoms. The summed E-state index contributed by atoms with van der Waals surface area (Å²) in [5, 5.41) is 2.71. The summed E-state index contributed by atoms with van der Waals surface area (Å²) in [7, 11) is 0. The predicted molar refractivity (Wildman–Crippen MR) is 161 cm³/mol. The van der Waals surface area contributed by atoms with Gasteiger partial charge in [-0.1, -0.05) is 73.5 Å². The van der Waals surface area contributed by atoms with Crippen molar-refractivity contribution in [1.82, 2.24) is 9.97 Å². The van der Waals surface area contributed by atoms with Crippen LogP contribution in [-0.2, 0) is 25.5 Å². The molecular formula is C37H28F2IrN2-2. The average Bonchev–Trinajstić information content (AvgIpc) is 3.31. The van der Waals surface area contributed by atoms with Crippen molar-refractivity contribution in [3.63, 3.8) is 0 Å². The van der Waals surface area contributed by atoms with Crippen LogP contribution in [0.4, 0.5) is 8.78 Å². The summed E-state index contributed by atoms with van der Waals surface area (Å²) in [6.07, 6.45) is 5.36. The molecule has 6 aromatic rings. The van der Waals surface area contributed by atoms with Crippen molar-refractivity contribution in [1.29, 1.82) is 0 Å². The Hall–Kier alpha value is -4.05. The van der Waals surface area contributed by atoms with Gasteiger partial charge in [0.25, 0.3) is 0 Å². The van der Waals surface area contributed by atoms with Gasteiger partial charge >= 0.3 is 0 Å². The molecule has 7 rings (SSSR count). The Kier molecular flexibility index (Phi) is 8.72. The third-order valence-electron chi connectivity index (χ3n) is 8.07. The minimum Gasteiger partial charge on any atom is -0.305 e. The van der Waals surface area contributed by atoms with Gasteiger partial charge < -0.3 is 9.97 Å². The van der Waals surface area contributed by atoms with Gasteiger partial charge in [-0.05, 0) is 58.8 Å². The number of hydrogen-bond donors (Lipinski definition) is 0. The molecule has 42 heavy (non-hydrogen) atoms. The standard InChI is InChI=1S/C26H22N.C11H6F2N.Ir/c1-3-26(4-2)23-17-19(24-11-7-8-16-27-24)13-14-21(23)22-15-12-18-9-5-6-10-20(18)25(22)26;12-9-3-1-2-8(6-9)11-7-10(13)4-5-14-11;/h5-12,14-17H,3-4H2,1-2H3;1,3-7H;/q2*-1;. The van der Waals surface area contributed by atoms with Gasteiger partial charge in [0, 0.05) is 43.7 Å². The number of fused-ring (bicyclic) bond motifs is 5. The van der Waals surface area contributed by atoms with Gasteiger partial charge in [0.1, 0.15) is 5.82 Å². The normalized spacial score (nSPS) is 12.5. The Morgan fingerprint density at radius 3 is 2.17 bits per heavy atom. The molecule has 1 aliphatic carbocycles. The summed E-state index contributed by atoms with van der Waals surface area (Å²) in [5.74, 6) is -0.780. The van der Waals surface area contributed by atoms with Gasteiger partial charge in [0.15, 0.2) is 0 Å². The van der Waals surface area contributed by atoms with Crippen molar-refractivity contribution in [2.75, 3.05) is 0 Å². The van der Waals surface area contributed by atoms with E-state index in [-0.39, 0.29) is 31.3 Å². The molecule has 1 aliphatic rings. The summed E-state index contributed by atoms with van der Waals surface area (Å²) in [5.41, 5.74) is 8.57. The van der Waals surface area contributed by atoms with Crippen molar-refractivity contribution < 1.29 is 28.9 Å². The van der Waals surface area contributed by atoms with E-state index in [2.05, 4.69) is 90.5 Å². The minimum atomic E-state index is -0.396. The molecule has 0 fully saturated rings. The van der Waals surface area contributed by atoms with Crippen LogP contribution < -0.4 is 0 Å². The number of nitrogens with zero attached hydrogens (tertiary/aromatic N) is 2. The van der Waals surface area contributed by atoms with E-state index in [0.717, 1.165) is 24.1 Å². The minimum absolute atomic E-state index is 0. The number of aromatic nitrogens is 2. The summed E-state index contributed by atoms with van der Waals surface area (Å²) >= 11 is 0. The van der Waals surface area contributed by atoms with Gasteiger partial charge in [-0.3, -0.25) is 0 Å². The van der Waals surface area contributed by atoms with Crippen LogP contribution in [0.15, 0.2) is 109 Å². The summed E-state index contributed by atoms with van der Waals surface area (Å²) in [6.45, 7) is 4.64. The zero-order chi connectivity index (χ0) is 28.4. The smallest absolute Gasteiger partial charge is 0.117 e. The van der Waals surface area contributed by atoms with E-state index in [1.165, 1.54) is 69.6 Å². The number of rotatable bonds is 4. The molecule has 0 unspecified atom stereocenters. The van der Waals surface area contributed by atoms with E-state index in [1.807, 2.05) is 18.3 Å². The number of halogens is 2. The number of pyridine rings is 2. The third kappa shape index (κ3) is 5.31. The van der Waals surface area contributed by atoms with Crippen LogP contribution >= 0.6 is 0 Å². The van der Waals surface area contributed by atoms with Crippen LogP contribution in [0, 0.1) is 23.8 Å². The van der Waals surface area contributed by atoms with Gasteiger partial charge in [-0.15, -0.1) is 59.2 Å². The van der Waals surface area contributed by atoms with E-state index < -0.39 is 5.82 Å². The zero-order valence-corrected chi connectivity index (χ0v) is 25.7. The Bertz CT molecular complexity index is 1810. The Labute approximate surface area is 258 Å². The molecule has 0 bridgehead atoms. The van der Waals surface area contributed by atoms with E-state index in [0.29, 0.717) is 11.3 Å². The van der Waals surface area contributed by atoms with Crippen molar-refractivity contribution in [2.24, 2.45) is 0 Å². The fraction of sp³-hybridized carbons (Fsp3) is 0.135. The Balaban J connectivity index is 0.000000200. The van der Waals surface area contributed by atoms with E-state index >= 15 is 0 Å². The van der Waals surface area contributed by atoms with E-state index in [9.17, 15) is 8.78 Å². The molecule has 1 radical (unpaired) electrons. The molecule has 0 saturated heterocycles. The van der Waals surface area contributed by atoms with Crippen molar-refractivity contribution >= 4 is 10.8 Å². The average molecular weight is 731 g/mol. The first-order chi connectivity index (χ1) is 20.0. The van der Waals surface area contributed by atoms with Crippen molar-refractivity contribution in [3.05, 3.63) is 144 Å². The molecule has 0 spiro atoms. The maximum absolute atomic E-state index is 12.8. The fourth-order valence-electron chi connectivity index (χ4n) is 6.05. The Morgan fingerprint density at radius 2 is 1.43 bits per heavy atom. The van der Waals surface area contributed by atoms with Crippen LogP contribution in [0.25, 0.3) is 44.4 Å². The van der Waals surface area contributed by atoms with Crippen molar-refractivity contribution in [3.8, 4) is 33.6 Å². The van der Waals surface area contributed by atoms with Gasteiger partial charge in [0.2, 0.25) is 0 Å². The fourth-order valence-corrected chi connectivity index (χ4v) is 6.05. The van der Waals surface area contributed by atoms with Crippen LogP contribution in [0.3, 0.4) is 0 Å². The molecule has 211 valence electrons. The molecule has 2 aromatic heterocycles. The molecule has 4 aromatic carbocycles. The van der Waals surface area contributed by atoms with Crippen LogP contribution in [0.2, 0.25) is 0 Å². The maximum atomic E-state index is 12.8. The first-order valence-electron chi connectivity index (χ1n) is 13.8. The van der Waals surface area contributed by atoms with Gasteiger partial charge in [-0.25, -0.2) is 8.78 Å². The molecule has 0 amide bonds. The van der Waals surface area contributed by atoms with E-state index in [4.69, 9.17) is 0 Å². The van der Waals surface area contributed by atoms with Crippen molar-refractivity contribution in [2.45, 2.75) is 32.1 Å². The van der Waals surface area contributed by atoms with Crippen LogP contribution in [-0.4, -0.2) is 9.97 Å². The molecule has 0 aliphatic heterocycles. The van der Waals surface area contributed by atoms with Crippen LogP contribution in [0.1, 0.15) is 37.8 Å². The second-order valence-corrected chi connectivity index (χ2v) is 10.2. The monoisotopic (exact) mass is 731 g/mol. The largest absolute Gasteiger partial charge is 0.305 e. The van der Waals surface area contributed by atoms with Gasteiger partial charge in [-0.2, -0.15) is 0 Å². The summed E-state index contributed by atoms with van der Waals surface area (Å²) < 4.78 is 25.6. The Morgan fingerprint density at radius 1 is 0.690 bits per heavy atom. The molecule has 0 saturated carbocycles. The first kappa shape index (κ1) is 29.4. The SMILES string of the molecule is CCC1(CC)c2cc(-c3ccccn3)[c-]cc2-c2ccc3ccccc3c21.Fc1cc[c-]c(-c2cc(F)ccn2)c1.[Ir]. The number of benzene rings is 4. The topological polar surface area (TPSA) is 25.8 Å². The third-order valence-corrected chi connectivity index (χ3v) is 8.07.